The number of hydrogen-bond acceptors (Lipinski definition) is 3. The summed E-state index contributed by atoms with van der Waals surface area (Å²) in [5, 5.41) is 3.32. The van der Waals surface area contributed by atoms with Crippen molar-refractivity contribution in [2.75, 3.05) is 13.7 Å². The second-order valence-corrected chi connectivity index (χ2v) is 1.91. The Bertz CT molecular complexity index is 102. The highest BCUT2D eigenvalue weighted by Gasteiger charge is 2.04. The Labute approximate surface area is 54.9 Å². The Balaban J connectivity index is 3.59. The summed E-state index contributed by atoms with van der Waals surface area (Å²) < 4.78 is 4.81. The summed E-state index contributed by atoms with van der Waals surface area (Å²) >= 11 is 0. The molecule has 0 saturated heterocycles. The molecular weight excluding hydrogens is 118 g/mol. The zero-order chi connectivity index (χ0) is 7.28. The van der Waals surface area contributed by atoms with Gasteiger partial charge in [0.1, 0.15) is 5.84 Å². The van der Waals surface area contributed by atoms with Crippen LogP contribution in [0.25, 0.3) is 0 Å². The van der Waals surface area contributed by atoms with Crippen molar-refractivity contribution in [2.45, 2.75) is 6.92 Å². The molecule has 9 heavy (non-hydrogen) atoms. The summed E-state index contributed by atoms with van der Waals surface area (Å²) in [5.41, 5.74) is 5.35. The molecule has 4 heteroatoms. The molecule has 0 aromatic carbocycles. The molecule has 0 aliphatic heterocycles. The Morgan fingerprint density at radius 2 is 2.33 bits per heavy atom. The van der Waals surface area contributed by atoms with Crippen LogP contribution in [0.1, 0.15) is 6.92 Å². The Hall–Kier alpha value is -0.770. The summed E-state index contributed by atoms with van der Waals surface area (Å²) in [7, 11) is 1.61. The quantitative estimate of drug-likeness (QED) is 0.235. The van der Waals surface area contributed by atoms with E-state index in [0.717, 1.165) is 0 Å². The Morgan fingerprint density at radius 3 is 2.67 bits per heavy atom. The van der Waals surface area contributed by atoms with Crippen molar-refractivity contribution < 1.29 is 4.74 Å². The van der Waals surface area contributed by atoms with E-state index in [0.29, 0.717) is 12.4 Å². The molecule has 0 aromatic rings. The van der Waals surface area contributed by atoms with Gasteiger partial charge in [0, 0.05) is 13.0 Å². The van der Waals surface area contributed by atoms with Gasteiger partial charge >= 0.3 is 0 Å². The van der Waals surface area contributed by atoms with Crippen LogP contribution in [-0.2, 0) is 4.74 Å². The van der Waals surface area contributed by atoms with E-state index in [-0.39, 0.29) is 5.92 Å². The minimum absolute atomic E-state index is 0.111. The minimum atomic E-state index is 0.111. The number of nitrogens with zero attached hydrogens (tertiary/aromatic N) is 1. The standard InChI is InChI=1S/C5H13N3O/c1-4(3-9-2)5(6)8-7/h4H,3,7H2,1-2H3,(H2,6,8). The lowest BCUT2D eigenvalue weighted by atomic mass is 10.2. The molecule has 0 saturated carbocycles. The van der Waals surface area contributed by atoms with E-state index in [2.05, 4.69) is 5.10 Å². The van der Waals surface area contributed by atoms with Crippen LogP contribution in [0.4, 0.5) is 0 Å². The smallest absolute Gasteiger partial charge is 0.124 e. The van der Waals surface area contributed by atoms with Gasteiger partial charge in [0.25, 0.3) is 0 Å². The van der Waals surface area contributed by atoms with Crippen molar-refractivity contribution in [3.05, 3.63) is 0 Å². The minimum Gasteiger partial charge on any atom is -0.385 e. The average molecular weight is 131 g/mol. The lowest BCUT2D eigenvalue weighted by Gasteiger charge is -2.06. The lowest BCUT2D eigenvalue weighted by molar-refractivity contribution is 0.181. The maximum Gasteiger partial charge on any atom is 0.124 e. The molecule has 0 radical (unpaired) electrons. The van der Waals surface area contributed by atoms with E-state index in [1.807, 2.05) is 6.92 Å². The molecule has 54 valence electrons. The van der Waals surface area contributed by atoms with Gasteiger partial charge in [-0.25, -0.2) is 0 Å². The van der Waals surface area contributed by atoms with E-state index in [9.17, 15) is 0 Å². The van der Waals surface area contributed by atoms with Gasteiger partial charge in [-0.3, -0.25) is 0 Å². The first-order valence-electron chi connectivity index (χ1n) is 2.74. The molecule has 4 nitrogen and oxygen atoms in total. The summed E-state index contributed by atoms with van der Waals surface area (Å²) in [5.74, 6) is 5.45. The SMILES string of the molecule is COCC(C)/C(N)=N/N. The number of hydrazone groups is 1. The molecule has 1 unspecified atom stereocenters. The fourth-order valence-electron chi connectivity index (χ4n) is 0.463. The van der Waals surface area contributed by atoms with Gasteiger partial charge in [-0.1, -0.05) is 6.92 Å². The van der Waals surface area contributed by atoms with Crippen LogP contribution in [0.3, 0.4) is 0 Å². The van der Waals surface area contributed by atoms with Gasteiger partial charge < -0.3 is 16.3 Å². The Morgan fingerprint density at radius 1 is 1.78 bits per heavy atom. The van der Waals surface area contributed by atoms with Crippen LogP contribution >= 0.6 is 0 Å². The predicted molar refractivity (Wildman–Crippen MR) is 36.8 cm³/mol. The molecule has 1 atom stereocenters. The average Bonchev–Trinajstić information content (AvgIpc) is 1.87. The van der Waals surface area contributed by atoms with Gasteiger partial charge in [-0.05, 0) is 0 Å². The highest BCUT2D eigenvalue weighted by molar-refractivity contribution is 5.82. The number of nitrogens with two attached hydrogens (primary N) is 2. The van der Waals surface area contributed by atoms with Crippen LogP contribution in [0.5, 0.6) is 0 Å². The number of rotatable bonds is 3. The second-order valence-electron chi connectivity index (χ2n) is 1.91. The van der Waals surface area contributed by atoms with Crippen LogP contribution in [0.2, 0.25) is 0 Å². The number of ether oxygens (including phenoxy) is 1. The third-order valence-corrected chi connectivity index (χ3v) is 1.07. The molecule has 0 spiro atoms. The van der Waals surface area contributed by atoms with Gasteiger partial charge in [0.05, 0.1) is 6.61 Å². The number of methoxy groups -OCH3 is 1. The first kappa shape index (κ1) is 8.23. The first-order valence-corrected chi connectivity index (χ1v) is 2.74. The molecule has 0 rings (SSSR count). The molecule has 0 heterocycles. The second kappa shape index (κ2) is 4.14. The fourth-order valence-corrected chi connectivity index (χ4v) is 0.463. The van der Waals surface area contributed by atoms with Crippen molar-refractivity contribution in [3.63, 3.8) is 0 Å². The van der Waals surface area contributed by atoms with Crippen molar-refractivity contribution >= 4 is 5.84 Å². The van der Waals surface area contributed by atoms with E-state index in [1.54, 1.807) is 7.11 Å². The fraction of sp³-hybridized carbons (Fsp3) is 0.800. The maximum atomic E-state index is 5.35. The van der Waals surface area contributed by atoms with Gasteiger partial charge in [-0.2, -0.15) is 5.10 Å². The molecule has 0 fully saturated rings. The predicted octanol–water partition coefficient (Wildman–Crippen LogP) is -0.500. The van der Waals surface area contributed by atoms with Gasteiger partial charge in [0.15, 0.2) is 0 Å². The van der Waals surface area contributed by atoms with Crippen molar-refractivity contribution in [1.82, 2.24) is 0 Å². The van der Waals surface area contributed by atoms with Crippen molar-refractivity contribution in [2.24, 2.45) is 22.6 Å². The van der Waals surface area contributed by atoms with E-state index >= 15 is 0 Å². The topological polar surface area (TPSA) is 73.6 Å². The molecule has 0 aromatic heterocycles. The zero-order valence-corrected chi connectivity index (χ0v) is 5.79. The van der Waals surface area contributed by atoms with E-state index in [4.69, 9.17) is 16.3 Å². The van der Waals surface area contributed by atoms with Crippen LogP contribution in [0, 0.1) is 5.92 Å². The molecule has 0 amide bonds. The van der Waals surface area contributed by atoms with Crippen LogP contribution in [-0.4, -0.2) is 19.6 Å². The first-order chi connectivity index (χ1) is 4.22. The van der Waals surface area contributed by atoms with Crippen LogP contribution < -0.4 is 11.6 Å². The monoisotopic (exact) mass is 131 g/mol. The summed E-state index contributed by atoms with van der Waals surface area (Å²) in [6.07, 6.45) is 0. The summed E-state index contributed by atoms with van der Waals surface area (Å²) in [6.45, 7) is 2.46. The van der Waals surface area contributed by atoms with Crippen molar-refractivity contribution in [3.8, 4) is 0 Å². The zero-order valence-electron chi connectivity index (χ0n) is 5.79. The molecular formula is C5H13N3O. The largest absolute Gasteiger partial charge is 0.385 e. The molecule has 4 N–H and O–H groups in total. The summed E-state index contributed by atoms with van der Waals surface area (Å²) in [4.78, 5) is 0. The highest BCUT2D eigenvalue weighted by Crippen LogP contribution is 1.92. The number of hydrogen-bond donors (Lipinski definition) is 2. The lowest BCUT2D eigenvalue weighted by Crippen LogP contribution is -2.26. The van der Waals surface area contributed by atoms with E-state index < -0.39 is 0 Å². The molecule has 0 bridgehead atoms. The Kier molecular flexibility index (Phi) is 3.79. The third kappa shape index (κ3) is 2.92. The molecule has 0 aliphatic carbocycles. The molecule has 0 aliphatic rings. The van der Waals surface area contributed by atoms with Crippen molar-refractivity contribution in [1.29, 1.82) is 0 Å². The highest BCUT2D eigenvalue weighted by atomic mass is 16.5. The third-order valence-electron chi connectivity index (χ3n) is 1.07. The number of amidine groups is 1. The summed E-state index contributed by atoms with van der Waals surface area (Å²) in [6, 6.07) is 0. The van der Waals surface area contributed by atoms with E-state index in [1.165, 1.54) is 0 Å². The maximum absolute atomic E-state index is 5.35. The van der Waals surface area contributed by atoms with Gasteiger partial charge in [-0.15, -0.1) is 0 Å². The normalized spacial score (nSPS) is 15.6. The van der Waals surface area contributed by atoms with Gasteiger partial charge in [0.2, 0.25) is 0 Å². The van der Waals surface area contributed by atoms with Crippen LogP contribution in [0.15, 0.2) is 5.10 Å².